The van der Waals surface area contributed by atoms with Gasteiger partial charge in [-0.05, 0) is 73.2 Å². The second-order valence-corrected chi connectivity index (χ2v) is 22.2. The third-order valence-electron chi connectivity index (χ3n) is 17.7. The molecule has 1 amide bonds. The van der Waals surface area contributed by atoms with Crippen LogP contribution in [0.3, 0.4) is 0 Å². The molecule has 1 aromatic heterocycles. The van der Waals surface area contributed by atoms with E-state index in [1.54, 1.807) is 65.8 Å². The number of esters is 3. The van der Waals surface area contributed by atoms with Crippen molar-refractivity contribution in [3.63, 3.8) is 0 Å². The minimum absolute atomic E-state index is 0.0567. The van der Waals surface area contributed by atoms with Crippen LogP contribution >= 0.6 is 0 Å². The molecule has 2 aromatic carbocycles. The van der Waals surface area contributed by atoms with Crippen molar-refractivity contribution in [1.29, 1.82) is 0 Å². The molecule has 18 heteroatoms. The molecule has 2 saturated carbocycles. The van der Waals surface area contributed by atoms with Crippen molar-refractivity contribution in [2.24, 2.45) is 27.7 Å². The fraction of sp³-hybridized carbons (Fsp3) is 0.518. The summed E-state index contributed by atoms with van der Waals surface area (Å²) >= 11 is 0. The van der Waals surface area contributed by atoms with Gasteiger partial charge in [0.15, 0.2) is 11.9 Å². The molecule has 3 unspecified atom stereocenters. The van der Waals surface area contributed by atoms with Crippen molar-refractivity contribution in [2.75, 3.05) is 6.61 Å². The summed E-state index contributed by atoms with van der Waals surface area (Å²) < 4.78 is 23.4. The van der Waals surface area contributed by atoms with E-state index in [1.165, 1.54) is 13.8 Å². The maximum absolute atomic E-state index is 15.2. The lowest BCUT2D eigenvalue weighted by atomic mass is 9.42. The molecule has 0 radical (unpaired) electrons. The molecule has 4 aliphatic heterocycles. The number of para-hydroxylation sites is 1. The first-order valence-corrected chi connectivity index (χ1v) is 25.4. The Morgan fingerprint density at radius 3 is 2.45 bits per heavy atom. The van der Waals surface area contributed by atoms with Gasteiger partial charge in [0.2, 0.25) is 11.7 Å². The van der Waals surface area contributed by atoms with Gasteiger partial charge in [0.25, 0.3) is 0 Å². The molecular formula is C56H64N4O14. The molecule has 6 N–H and O–H groups in total. The van der Waals surface area contributed by atoms with Gasteiger partial charge in [-0.15, -0.1) is 0 Å². The number of ether oxygens (including phenoxy) is 4. The van der Waals surface area contributed by atoms with Crippen molar-refractivity contribution in [3.8, 4) is 0 Å². The lowest BCUT2D eigenvalue weighted by molar-refractivity contribution is -0.335. The van der Waals surface area contributed by atoms with Crippen LogP contribution in [-0.2, 0) is 51.2 Å². The largest absolute Gasteiger partial charge is 0.458 e. The zero-order chi connectivity index (χ0) is 53.2. The van der Waals surface area contributed by atoms with Crippen LogP contribution in [-0.4, -0.2) is 131 Å². The van der Waals surface area contributed by atoms with Crippen molar-refractivity contribution >= 4 is 46.7 Å². The molecule has 0 spiro atoms. The number of ketones is 1. The van der Waals surface area contributed by atoms with Gasteiger partial charge in [0.05, 0.1) is 65.6 Å². The number of aromatic nitrogens is 1. The second-order valence-electron chi connectivity index (χ2n) is 22.2. The number of pyridine rings is 1. The Labute approximate surface area is 428 Å². The highest BCUT2D eigenvalue weighted by Crippen LogP contribution is 2.65. The molecular weight excluding hydrogens is 953 g/mol. The van der Waals surface area contributed by atoms with E-state index in [4.69, 9.17) is 28.9 Å². The van der Waals surface area contributed by atoms with Gasteiger partial charge >= 0.3 is 17.9 Å². The van der Waals surface area contributed by atoms with Crippen LogP contribution in [0.25, 0.3) is 10.9 Å². The zero-order valence-corrected chi connectivity index (χ0v) is 42.7. The topological polar surface area (TPSA) is 264 Å². The third kappa shape index (κ3) is 7.77. The first-order valence-electron chi connectivity index (χ1n) is 25.4. The number of rotatable bonds is 10. The van der Waals surface area contributed by atoms with E-state index in [0.717, 1.165) is 33.3 Å². The van der Waals surface area contributed by atoms with E-state index in [0.29, 0.717) is 23.3 Å². The fourth-order valence-electron chi connectivity index (χ4n) is 13.6. The highest BCUT2D eigenvalue weighted by molar-refractivity contribution is 6.00. The third-order valence-corrected chi connectivity index (χ3v) is 17.7. The Kier molecular flexibility index (Phi) is 12.5. The molecule has 3 aromatic rings. The van der Waals surface area contributed by atoms with Crippen LogP contribution in [0, 0.1) is 22.7 Å². The van der Waals surface area contributed by atoms with Gasteiger partial charge in [-0.25, -0.2) is 14.6 Å². The number of carbonyl (C=O) groups excluding carboxylic acids is 5. The Hall–Kier alpha value is -6.15. The average Bonchev–Trinajstić information content (AvgIpc) is 3.71. The van der Waals surface area contributed by atoms with Crippen molar-refractivity contribution in [2.45, 2.75) is 154 Å². The number of nitrogens with one attached hydrogen (secondary N) is 1. The summed E-state index contributed by atoms with van der Waals surface area (Å²) in [6.45, 7) is 13.2. The highest BCUT2D eigenvalue weighted by Gasteiger charge is 2.75. The highest BCUT2D eigenvalue weighted by atomic mass is 16.7. The molecule has 10 rings (SSSR count). The van der Waals surface area contributed by atoms with Crippen molar-refractivity contribution in [1.82, 2.24) is 15.2 Å². The number of aliphatic hydroxyl groups excluding tert-OH is 2. The summed E-state index contributed by atoms with van der Waals surface area (Å²) in [5, 5.41) is 63.4. The summed E-state index contributed by atoms with van der Waals surface area (Å²) in [6.07, 6.45) is -1.36. The number of cyclic esters (lactones) is 1. The molecule has 2 saturated heterocycles. The average molecular weight is 1020 g/mol. The number of carbonyl (C=O) groups is 5. The number of hydrogen-bond acceptors (Lipinski definition) is 17. The number of fused-ring (bicyclic) bond motifs is 10. The molecule has 3 aliphatic carbocycles. The van der Waals surface area contributed by atoms with Crippen LogP contribution in [0.4, 0.5) is 0 Å². The van der Waals surface area contributed by atoms with Gasteiger partial charge < -0.3 is 54.7 Å². The Morgan fingerprint density at radius 2 is 1.77 bits per heavy atom. The molecule has 2 bridgehead atoms. The molecule has 13 atom stereocenters. The number of aliphatic imine (C=N–C) groups is 1. The summed E-state index contributed by atoms with van der Waals surface area (Å²) in [5.41, 5.74) is -0.551. The summed E-state index contributed by atoms with van der Waals surface area (Å²) in [6, 6.07) is 13.2. The molecule has 18 nitrogen and oxygen atoms in total. The van der Waals surface area contributed by atoms with E-state index in [9.17, 15) is 44.7 Å². The summed E-state index contributed by atoms with van der Waals surface area (Å²) in [4.78, 5) is 79.0. The Balaban J connectivity index is 0.899. The first-order chi connectivity index (χ1) is 34.9. The smallest absolute Gasteiger partial charge is 0.338 e. The Bertz CT molecular complexity index is 3020. The Morgan fingerprint density at radius 1 is 1.05 bits per heavy atom. The van der Waals surface area contributed by atoms with E-state index in [2.05, 4.69) is 10.2 Å². The molecule has 392 valence electrons. The normalized spacial score (nSPS) is 34.5. The minimum Gasteiger partial charge on any atom is -0.458 e. The minimum atomic E-state index is -1.90. The molecule has 74 heavy (non-hydrogen) atoms. The summed E-state index contributed by atoms with van der Waals surface area (Å²) in [7, 11) is 0. The van der Waals surface area contributed by atoms with Gasteiger partial charge in [-0.2, -0.15) is 0 Å². The van der Waals surface area contributed by atoms with Crippen molar-refractivity contribution in [3.05, 3.63) is 111 Å². The number of Topliss-reactive ketones (excluding diaryl/α,β-unsaturated/α-hetero) is 1. The van der Waals surface area contributed by atoms with E-state index in [-0.39, 0.29) is 56.0 Å². The van der Waals surface area contributed by atoms with Crippen LogP contribution in [0.5, 0.6) is 0 Å². The quantitative estimate of drug-likeness (QED) is 0.0722. The molecule has 5 heterocycles. The summed E-state index contributed by atoms with van der Waals surface area (Å²) in [5.74, 6) is -7.38. The molecule has 7 aliphatic rings. The fourth-order valence-corrected chi connectivity index (χ4v) is 13.6. The van der Waals surface area contributed by atoms with E-state index < -0.39 is 106 Å². The lowest BCUT2D eigenvalue weighted by Gasteiger charge is -2.67. The first kappa shape index (κ1) is 51.3. The van der Waals surface area contributed by atoms with Crippen LogP contribution in [0.1, 0.15) is 120 Å². The SMILES string of the molecule is CC[C@@]1(O)OC(=O)CC2=CN3Cc4c(nc5ccccc5c4C=NCc4ccc(C(=O)O[C@H]5C[C@H]6OC[C@@]6(O)C6C(C)[C@]7(O)C[C@H](OC(=O)[C@H](O)[C@H](C)NC(C)=O)C(C)=C([C@@H](O)C(=O)[C@@]65C)C7(C)C)cc4)C3C=C21. The van der Waals surface area contributed by atoms with Crippen molar-refractivity contribution < 1.29 is 68.5 Å². The monoisotopic (exact) mass is 1020 g/mol. The van der Waals surface area contributed by atoms with E-state index >= 15 is 4.79 Å². The maximum Gasteiger partial charge on any atom is 0.338 e. The number of benzene rings is 2. The van der Waals surface area contributed by atoms with Gasteiger partial charge in [-0.3, -0.25) is 19.4 Å². The number of hydrogen-bond donors (Lipinski definition) is 6. The predicted molar refractivity (Wildman–Crippen MR) is 265 cm³/mol. The maximum atomic E-state index is 15.2. The number of amides is 1. The second kappa shape index (κ2) is 18.0. The lowest BCUT2D eigenvalue weighted by Crippen LogP contribution is -2.79. The van der Waals surface area contributed by atoms with Crippen LogP contribution in [0.15, 0.2) is 88.1 Å². The van der Waals surface area contributed by atoms with Crippen LogP contribution < -0.4 is 5.32 Å². The predicted octanol–water partition coefficient (Wildman–Crippen LogP) is 4.12. The van der Waals surface area contributed by atoms with Crippen LogP contribution in [0.2, 0.25) is 0 Å². The molecule has 4 fully saturated rings. The number of nitrogens with zero attached hydrogens (tertiary/aromatic N) is 3. The zero-order valence-electron chi connectivity index (χ0n) is 42.7. The van der Waals surface area contributed by atoms with Gasteiger partial charge in [0, 0.05) is 78.6 Å². The standard InChI is InChI=1S/C56H64N4O14/c1-9-56(70)37-19-39-45-36(25-60(39)24-33(37)18-43(62)74-56)35(34-12-10-11-13-38(34)59-45)23-57-22-31-14-16-32(17-15-31)50(66)73-41-20-42-54(68,26-71-42)48-28(3)55(69)21-40(72-51(67)46(63)29(4)58-30(5)61)27(2)44(52(55,6)7)47(64)49(65)53(41,48)8/h10-17,19,23-24,28-29,39-42,46-48,63-64,68-70H,9,18,20-22,25-26H2,1-8H3,(H,58,61)/t28?,29-,39?,40-,41-,42+,46+,47+,48?,53+,54-,55+,56+/m0/s1. The van der Waals surface area contributed by atoms with Gasteiger partial charge in [0.1, 0.15) is 23.9 Å². The number of aliphatic hydroxyl groups is 5. The van der Waals surface area contributed by atoms with Gasteiger partial charge in [-0.1, -0.05) is 58.0 Å². The van der Waals surface area contributed by atoms with E-state index in [1.807, 2.05) is 42.8 Å².